The zero-order chi connectivity index (χ0) is 4.62. The molecule has 0 spiro atoms. The molecule has 0 saturated carbocycles. The van der Waals surface area contributed by atoms with E-state index in [2.05, 4.69) is 0 Å². The molecule has 1 saturated heterocycles. The van der Waals surface area contributed by atoms with Gasteiger partial charge in [0.1, 0.15) is 5.60 Å². The number of rotatable bonds is 1. The van der Waals surface area contributed by atoms with Gasteiger partial charge in [0.25, 0.3) is 0 Å². The summed E-state index contributed by atoms with van der Waals surface area (Å²) in [6.45, 7) is 2.77. The van der Waals surface area contributed by atoms with Crippen molar-refractivity contribution in [3.8, 4) is 0 Å². The SMILES string of the molecule is C.CC1(CO)CO1.[Y]. The molecule has 1 aliphatic rings. The van der Waals surface area contributed by atoms with Crippen LogP contribution in [-0.2, 0) is 37.4 Å². The van der Waals surface area contributed by atoms with Crippen LogP contribution in [0.15, 0.2) is 0 Å². The van der Waals surface area contributed by atoms with Crippen LogP contribution in [0, 0.1) is 0 Å². The van der Waals surface area contributed by atoms with Crippen molar-refractivity contribution in [3.05, 3.63) is 0 Å². The molecule has 0 aromatic heterocycles. The molecule has 1 atom stereocenters. The molecule has 0 aliphatic carbocycles. The van der Waals surface area contributed by atoms with E-state index < -0.39 is 0 Å². The van der Waals surface area contributed by atoms with Crippen molar-refractivity contribution in [2.45, 2.75) is 20.0 Å². The molecule has 1 N–H and O–H groups in total. The van der Waals surface area contributed by atoms with Gasteiger partial charge in [-0.1, -0.05) is 7.43 Å². The van der Waals surface area contributed by atoms with Crippen LogP contribution < -0.4 is 0 Å². The maximum absolute atomic E-state index is 8.34. The predicted octanol–water partition coefficient (Wildman–Crippen LogP) is 0.401. The average molecular weight is 193 g/mol. The fraction of sp³-hybridized carbons (Fsp3) is 1.00. The van der Waals surface area contributed by atoms with Crippen LogP contribution in [-0.4, -0.2) is 23.9 Å². The third-order valence-electron chi connectivity index (χ3n) is 0.972. The topological polar surface area (TPSA) is 32.8 Å². The van der Waals surface area contributed by atoms with Crippen LogP contribution in [0.3, 0.4) is 0 Å². The Morgan fingerprint density at radius 2 is 2.12 bits per heavy atom. The van der Waals surface area contributed by atoms with Gasteiger partial charge in [-0.05, 0) is 6.92 Å². The van der Waals surface area contributed by atoms with Crippen LogP contribution in [0.1, 0.15) is 14.4 Å². The van der Waals surface area contributed by atoms with Gasteiger partial charge in [0, 0.05) is 32.7 Å². The first-order chi connectivity index (χ1) is 2.77. The summed E-state index contributed by atoms with van der Waals surface area (Å²) in [5.41, 5.74) is -0.153. The number of aliphatic hydroxyl groups is 1. The third kappa shape index (κ3) is 3.13. The molecule has 1 unspecified atom stereocenters. The van der Waals surface area contributed by atoms with Gasteiger partial charge in [-0.15, -0.1) is 0 Å². The number of aliphatic hydroxyl groups excluding tert-OH is 1. The maximum atomic E-state index is 8.34. The second kappa shape index (κ2) is 3.94. The largest absolute Gasteiger partial charge is 0.393 e. The minimum absolute atomic E-state index is 0. The van der Waals surface area contributed by atoms with Crippen molar-refractivity contribution in [2.24, 2.45) is 0 Å². The number of hydrogen-bond acceptors (Lipinski definition) is 2. The molecule has 1 heterocycles. The summed E-state index contributed by atoms with van der Waals surface area (Å²) in [7, 11) is 0. The summed E-state index contributed by atoms with van der Waals surface area (Å²) >= 11 is 0. The molecule has 1 aliphatic heterocycles. The second-order valence-corrected chi connectivity index (χ2v) is 1.90. The second-order valence-electron chi connectivity index (χ2n) is 1.90. The monoisotopic (exact) mass is 193 g/mol. The molecule has 0 aromatic rings. The van der Waals surface area contributed by atoms with Crippen molar-refractivity contribution < 1.29 is 42.6 Å². The molecule has 8 heavy (non-hydrogen) atoms. The molecule has 2 nitrogen and oxygen atoms in total. The molecule has 1 radical (unpaired) electrons. The van der Waals surface area contributed by atoms with E-state index in [1.807, 2.05) is 6.92 Å². The van der Waals surface area contributed by atoms with Gasteiger partial charge in [-0.25, -0.2) is 0 Å². The summed E-state index contributed by atoms with van der Waals surface area (Å²) in [4.78, 5) is 0. The molecular formula is C5H12O2Y. The fourth-order valence-corrected chi connectivity index (χ4v) is 0.214. The third-order valence-corrected chi connectivity index (χ3v) is 0.972. The molecule has 47 valence electrons. The molecule has 0 amide bonds. The molecule has 0 bridgehead atoms. The van der Waals surface area contributed by atoms with E-state index in [1.165, 1.54) is 0 Å². The standard InChI is InChI=1S/C4H8O2.CH4.Y/c1-4(2-5)3-6-4;;/h5H,2-3H2,1H3;1H4;. The van der Waals surface area contributed by atoms with E-state index in [9.17, 15) is 0 Å². The Morgan fingerprint density at radius 3 is 2.12 bits per heavy atom. The van der Waals surface area contributed by atoms with Gasteiger partial charge in [-0.3, -0.25) is 0 Å². The predicted molar refractivity (Wildman–Crippen MR) is 28.2 cm³/mol. The Morgan fingerprint density at radius 1 is 1.75 bits per heavy atom. The van der Waals surface area contributed by atoms with Crippen molar-refractivity contribution >= 4 is 0 Å². The molecular weight excluding hydrogens is 181 g/mol. The first kappa shape index (κ1) is 11.8. The summed E-state index contributed by atoms with van der Waals surface area (Å²) in [6, 6.07) is 0. The number of ether oxygens (including phenoxy) is 1. The van der Waals surface area contributed by atoms with Gasteiger partial charge in [0.15, 0.2) is 0 Å². The Labute approximate surface area is 75.5 Å². The maximum Gasteiger partial charge on any atom is 0.112 e. The molecule has 3 heteroatoms. The van der Waals surface area contributed by atoms with E-state index >= 15 is 0 Å². The number of epoxide rings is 1. The first-order valence-electron chi connectivity index (χ1n) is 2.02. The van der Waals surface area contributed by atoms with Gasteiger partial charge >= 0.3 is 0 Å². The summed E-state index contributed by atoms with van der Waals surface area (Å²) in [5.74, 6) is 0. The normalized spacial score (nSPS) is 32.2. The summed E-state index contributed by atoms with van der Waals surface area (Å²) in [5, 5.41) is 8.34. The first-order valence-corrected chi connectivity index (χ1v) is 2.02. The smallest absolute Gasteiger partial charge is 0.112 e. The minimum atomic E-state index is -0.153. The average Bonchev–Trinajstić information content (AvgIpc) is 2.22. The van der Waals surface area contributed by atoms with E-state index in [4.69, 9.17) is 9.84 Å². The Kier molecular flexibility index (Phi) is 5.80. The summed E-state index contributed by atoms with van der Waals surface area (Å²) < 4.78 is 4.80. The Hall–Kier alpha value is 1.02. The van der Waals surface area contributed by atoms with Gasteiger partial charge in [0.2, 0.25) is 0 Å². The van der Waals surface area contributed by atoms with Crippen LogP contribution in [0.2, 0.25) is 0 Å². The van der Waals surface area contributed by atoms with Crippen molar-refractivity contribution in [3.63, 3.8) is 0 Å². The summed E-state index contributed by atoms with van der Waals surface area (Å²) in [6.07, 6.45) is 0. The fourth-order valence-electron chi connectivity index (χ4n) is 0.214. The van der Waals surface area contributed by atoms with E-state index in [0.29, 0.717) is 0 Å². The zero-order valence-electron chi connectivity index (χ0n) is 4.35. The zero-order valence-corrected chi connectivity index (χ0v) is 7.19. The quantitative estimate of drug-likeness (QED) is 0.611. The van der Waals surface area contributed by atoms with E-state index in [-0.39, 0.29) is 52.3 Å². The minimum Gasteiger partial charge on any atom is -0.393 e. The van der Waals surface area contributed by atoms with Gasteiger partial charge in [-0.2, -0.15) is 0 Å². The van der Waals surface area contributed by atoms with Crippen molar-refractivity contribution in [2.75, 3.05) is 13.2 Å². The van der Waals surface area contributed by atoms with Gasteiger partial charge < -0.3 is 9.84 Å². The van der Waals surface area contributed by atoms with Crippen LogP contribution in [0.4, 0.5) is 0 Å². The van der Waals surface area contributed by atoms with Crippen molar-refractivity contribution in [1.29, 1.82) is 0 Å². The van der Waals surface area contributed by atoms with E-state index in [1.54, 1.807) is 0 Å². The van der Waals surface area contributed by atoms with E-state index in [0.717, 1.165) is 6.61 Å². The Balaban J connectivity index is 0. The number of hydrogen-bond donors (Lipinski definition) is 1. The van der Waals surface area contributed by atoms with Crippen molar-refractivity contribution in [1.82, 2.24) is 0 Å². The molecule has 0 aromatic carbocycles. The van der Waals surface area contributed by atoms with Crippen LogP contribution >= 0.6 is 0 Å². The van der Waals surface area contributed by atoms with Crippen LogP contribution in [0.25, 0.3) is 0 Å². The van der Waals surface area contributed by atoms with Crippen LogP contribution in [0.5, 0.6) is 0 Å². The van der Waals surface area contributed by atoms with Gasteiger partial charge in [0.05, 0.1) is 13.2 Å². The molecule has 1 fully saturated rings. The molecule has 1 rings (SSSR count). The Bertz CT molecular complexity index is 61.4.